The summed E-state index contributed by atoms with van der Waals surface area (Å²) >= 11 is 0. The number of hydrogen-bond donors (Lipinski definition) is 3. The van der Waals surface area contributed by atoms with E-state index in [1.807, 2.05) is 0 Å². The van der Waals surface area contributed by atoms with E-state index in [1.54, 1.807) is 24.4 Å². The third-order valence-corrected chi connectivity index (χ3v) is 1.92. The molecule has 1 rings (SSSR count). The molecule has 0 aliphatic rings. The minimum Gasteiger partial charge on any atom is -0.480 e. The number of carbonyl (C=O) groups is 2. The van der Waals surface area contributed by atoms with Crippen LogP contribution in [0.25, 0.3) is 0 Å². The second kappa shape index (κ2) is 5.82. The van der Waals surface area contributed by atoms with E-state index in [-0.39, 0.29) is 13.0 Å². The van der Waals surface area contributed by atoms with Crippen LogP contribution in [0.5, 0.6) is 0 Å². The van der Waals surface area contributed by atoms with Crippen LogP contribution in [0.1, 0.15) is 12.1 Å². The summed E-state index contributed by atoms with van der Waals surface area (Å²) in [6, 6.07) is 4.17. The van der Waals surface area contributed by atoms with Crippen LogP contribution in [0.2, 0.25) is 0 Å². The Morgan fingerprint density at radius 2 is 2.25 bits per heavy atom. The fourth-order valence-corrected chi connectivity index (χ4v) is 1.05. The van der Waals surface area contributed by atoms with Gasteiger partial charge in [0.15, 0.2) is 0 Å². The Balaban J connectivity index is 2.33. The van der Waals surface area contributed by atoms with E-state index < -0.39 is 17.9 Å². The van der Waals surface area contributed by atoms with Gasteiger partial charge in [-0.3, -0.25) is 14.6 Å². The van der Waals surface area contributed by atoms with Gasteiger partial charge in [0.05, 0.1) is 18.7 Å². The lowest BCUT2D eigenvalue weighted by molar-refractivity contribution is -0.140. The van der Waals surface area contributed by atoms with Crippen LogP contribution in [0.4, 0.5) is 0 Å². The van der Waals surface area contributed by atoms with E-state index in [0.29, 0.717) is 5.69 Å². The van der Waals surface area contributed by atoms with Crippen molar-refractivity contribution in [3.63, 3.8) is 0 Å². The summed E-state index contributed by atoms with van der Waals surface area (Å²) in [4.78, 5) is 25.6. The number of carboxylic acid groups (broad SMARTS) is 1. The zero-order chi connectivity index (χ0) is 12.0. The molecule has 1 amide bonds. The van der Waals surface area contributed by atoms with Crippen molar-refractivity contribution in [1.82, 2.24) is 10.3 Å². The maximum absolute atomic E-state index is 11.2. The molecule has 0 aliphatic carbocycles. The molecule has 16 heavy (non-hydrogen) atoms. The van der Waals surface area contributed by atoms with Crippen molar-refractivity contribution in [3.05, 3.63) is 30.1 Å². The number of aliphatic carboxylic acids is 1. The van der Waals surface area contributed by atoms with Crippen molar-refractivity contribution in [1.29, 1.82) is 0 Å². The summed E-state index contributed by atoms with van der Waals surface area (Å²) in [7, 11) is 0. The smallest absolute Gasteiger partial charge is 0.321 e. The van der Waals surface area contributed by atoms with Crippen LogP contribution < -0.4 is 11.1 Å². The summed E-state index contributed by atoms with van der Waals surface area (Å²) in [6.45, 7) is 0.270. The average Bonchev–Trinajstić information content (AvgIpc) is 2.27. The Morgan fingerprint density at radius 3 is 2.81 bits per heavy atom. The normalized spacial score (nSPS) is 11.8. The van der Waals surface area contributed by atoms with Crippen LogP contribution in [0, 0.1) is 0 Å². The molecule has 0 spiro atoms. The Hall–Kier alpha value is -1.95. The minimum atomic E-state index is -1.19. The molecule has 0 aromatic carbocycles. The van der Waals surface area contributed by atoms with Crippen molar-refractivity contribution in [2.75, 3.05) is 0 Å². The highest BCUT2D eigenvalue weighted by molar-refractivity contribution is 5.84. The molecule has 1 aromatic rings. The minimum absolute atomic E-state index is 0.234. The first-order chi connectivity index (χ1) is 7.59. The molecular weight excluding hydrogens is 210 g/mol. The van der Waals surface area contributed by atoms with E-state index in [1.165, 1.54) is 0 Å². The first-order valence-electron chi connectivity index (χ1n) is 4.74. The number of nitrogens with one attached hydrogen (secondary N) is 1. The summed E-state index contributed by atoms with van der Waals surface area (Å²) in [5.41, 5.74) is 5.92. The molecule has 0 unspecified atom stereocenters. The number of nitrogens with zero attached hydrogens (tertiary/aromatic N) is 1. The van der Waals surface area contributed by atoms with Crippen LogP contribution in [-0.4, -0.2) is 28.0 Å². The van der Waals surface area contributed by atoms with Crippen molar-refractivity contribution < 1.29 is 14.7 Å². The SMILES string of the molecule is N[C@@H](CC(=O)NCc1ccccn1)C(=O)O. The predicted octanol–water partition coefficient (Wildman–Crippen LogP) is -0.500. The van der Waals surface area contributed by atoms with Gasteiger partial charge in [-0.1, -0.05) is 6.07 Å². The van der Waals surface area contributed by atoms with Crippen LogP contribution in [0.3, 0.4) is 0 Å². The molecule has 0 fully saturated rings. The molecule has 86 valence electrons. The fraction of sp³-hybridized carbons (Fsp3) is 0.300. The summed E-state index contributed by atoms with van der Waals surface area (Å²) in [6.07, 6.45) is 1.38. The Morgan fingerprint density at radius 1 is 1.50 bits per heavy atom. The number of rotatable bonds is 5. The number of hydrogen-bond acceptors (Lipinski definition) is 4. The van der Waals surface area contributed by atoms with Gasteiger partial charge in [0.1, 0.15) is 6.04 Å². The van der Waals surface area contributed by atoms with Gasteiger partial charge in [-0.05, 0) is 12.1 Å². The first-order valence-corrected chi connectivity index (χ1v) is 4.74. The molecule has 6 nitrogen and oxygen atoms in total. The van der Waals surface area contributed by atoms with Crippen molar-refractivity contribution in [3.8, 4) is 0 Å². The zero-order valence-electron chi connectivity index (χ0n) is 8.59. The molecule has 0 bridgehead atoms. The van der Waals surface area contributed by atoms with E-state index in [2.05, 4.69) is 10.3 Å². The molecule has 0 radical (unpaired) electrons. The van der Waals surface area contributed by atoms with Gasteiger partial charge in [-0.25, -0.2) is 0 Å². The number of nitrogens with two attached hydrogens (primary N) is 1. The van der Waals surface area contributed by atoms with E-state index in [4.69, 9.17) is 10.8 Å². The van der Waals surface area contributed by atoms with E-state index >= 15 is 0 Å². The van der Waals surface area contributed by atoms with Gasteiger partial charge < -0.3 is 16.2 Å². The topological polar surface area (TPSA) is 105 Å². The van der Waals surface area contributed by atoms with Crippen LogP contribution in [-0.2, 0) is 16.1 Å². The molecule has 0 saturated heterocycles. The molecule has 4 N–H and O–H groups in total. The third-order valence-electron chi connectivity index (χ3n) is 1.92. The number of aromatic nitrogens is 1. The largest absolute Gasteiger partial charge is 0.480 e. The van der Waals surface area contributed by atoms with Crippen LogP contribution in [0.15, 0.2) is 24.4 Å². The summed E-state index contributed by atoms with van der Waals surface area (Å²) < 4.78 is 0. The summed E-state index contributed by atoms with van der Waals surface area (Å²) in [5, 5.41) is 11.0. The molecule has 0 saturated carbocycles. The molecule has 0 aliphatic heterocycles. The molecule has 1 heterocycles. The molecule has 1 aromatic heterocycles. The second-order valence-corrected chi connectivity index (χ2v) is 3.25. The predicted molar refractivity (Wildman–Crippen MR) is 56.3 cm³/mol. The van der Waals surface area contributed by atoms with Crippen molar-refractivity contribution >= 4 is 11.9 Å². The fourth-order valence-electron chi connectivity index (χ4n) is 1.05. The highest BCUT2D eigenvalue weighted by Crippen LogP contribution is 1.94. The van der Waals surface area contributed by atoms with Crippen LogP contribution >= 0.6 is 0 Å². The van der Waals surface area contributed by atoms with E-state index in [9.17, 15) is 9.59 Å². The van der Waals surface area contributed by atoms with Gasteiger partial charge in [0, 0.05) is 6.20 Å². The van der Waals surface area contributed by atoms with Crippen molar-refractivity contribution in [2.24, 2.45) is 5.73 Å². The molecule has 1 atom stereocenters. The monoisotopic (exact) mass is 223 g/mol. The van der Waals surface area contributed by atoms with Gasteiger partial charge in [-0.2, -0.15) is 0 Å². The number of carboxylic acids is 1. The van der Waals surface area contributed by atoms with Gasteiger partial charge >= 0.3 is 5.97 Å². The Kier molecular flexibility index (Phi) is 4.41. The molecular formula is C10H13N3O3. The Bertz CT molecular complexity index is 367. The number of carbonyl (C=O) groups excluding carboxylic acids is 1. The second-order valence-electron chi connectivity index (χ2n) is 3.25. The van der Waals surface area contributed by atoms with Gasteiger partial charge in [0.25, 0.3) is 0 Å². The maximum atomic E-state index is 11.2. The first kappa shape index (κ1) is 12.1. The highest BCUT2D eigenvalue weighted by atomic mass is 16.4. The average molecular weight is 223 g/mol. The molecule has 6 heteroatoms. The lowest BCUT2D eigenvalue weighted by Gasteiger charge is -2.07. The number of pyridine rings is 1. The van der Waals surface area contributed by atoms with E-state index in [0.717, 1.165) is 0 Å². The lowest BCUT2D eigenvalue weighted by atomic mass is 10.2. The summed E-state index contributed by atoms with van der Waals surface area (Å²) in [5.74, 6) is -1.59. The maximum Gasteiger partial charge on any atom is 0.321 e. The van der Waals surface area contributed by atoms with Gasteiger partial charge in [-0.15, -0.1) is 0 Å². The van der Waals surface area contributed by atoms with Gasteiger partial charge in [0.2, 0.25) is 5.91 Å². The lowest BCUT2D eigenvalue weighted by Crippen LogP contribution is -2.36. The number of amides is 1. The standard InChI is InChI=1S/C10H13N3O3/c11-8(10(15)16)5-9(14)13-6-7-3-1-2-4-12-7/h1-4,8H,5-6,11H2,(H,13,14)(H,15,16)/t8-/m0/s1. The Labute approximate surface area is 92.5 Å². The highest BCUT2D eigenvalue weighted by Gasteiger charge is 2.15. The third kappa shape index (κ3) is 4.05. The quantitative estimate of drug-likeness (QED) is 0.624. The van der Waals surface area contributed by atoms with Crippen molar-refractivity contribution in [2.45, 2.75) is 19.0 Å². The zero-order valence-corrected chi connectivity index (χ0v) is 8.59.